The Morgan fingerprint density at radius 1 is 1.26 bits per heavy atom. The first kappa shape index (κ1) is 11.7. The number of nitrogens with one attached hydrogen (secondary N) is 1. The quantitative estimate of drug-likeness (QED) is 0.761. The zero-order chi connectivity index (χ0) is 13.1. The van der Waals surface area contributed by atoms with Gasteiger partial charge < -0.3 is 5.32 Å². The van der Waals surface area contributed by atoms with Gasteiger partial charge in [-0.3, -0.25) is 14.4 Å². The van der Waals surface area contributed by atoms with Crippen LogP contribution in [-0.2, 0) is 6.54 Å². The van der Waals surface area contributed by atoms with Crippen LogP contribution >= 0.6 is 0 Å². The van der Waals surface area contributed by atoms with E-state index in [1.54, 1.807) is 18.6 Å². The summed E-state index contributed by atoms with van der Waals surface area (Å²) in [6.07, 6.45) is 7.07. The Bertz CT molecular complexity index is 663. The SMILES string of the molecule is CC(NCc1cnccn1)c1nnc2ccccn12. The van der Waals surface area contributed by atoms with Gasteiger partial charge in [-0.15, -0.1) is 10.2 Å². The van der Waals surface area contributed by atoms with E-state index < -0.39 is 0 Å². The van der Waals surface area contributed by atoms with Crippen molar-refractivity contribution in [3.05, 3.63) is 54.5 Å². The van der Waals surface area contributed by atoms with Crippen LogP contribution in [0.1, 0.15) is 24.5 Å². The molecule has 19 heavy (non-hydrogen) atoms. The second-order valence-corrected chi connectivity index (χ2v) is 4.29. The molecular weight excluding hydrogens is 240 g/mol. The van der Waals surface area contributed by atoms with Crippen molar-refractivity contribution in [1.29, 1.82) is 0 Å². The smallest absolute Gasteiger partial charge is 0.160 e. The Labute approximate surface area is 110 Å². The average Bonchev–Trinajstić information content (AvgIpc) is 2.90. The number of rotatable bonds is 4. The minimum atomic E-state index is 0.0828. The summed E-state index contributed by atoms with van der Waals surface area (Å²) in [5.41, 5.74) is 1.76. The predicted octanol–water partition coefficient (Wildman–Crippen LogP) is 1.37. The van der Waals surface area contributed by atoms with Gasteiger partial charge in [0.05, 0.1) is 11.7 Å². The van der Waals surface area contributed by atoms with Gasteiger partial charge >= 0.3 is 0 Å². The molecule has 0 spiro atoms. The lowest BCUT2D eigenvalue weighted by Gasteiger charge is -2.11. The molecule has 1 unspecified atom stereocenters. The summed E-state index contributed by atoms with van der Waals surface area (Å²) in [4.78, 5) is 8.27. The zero-order valence-electron chi connectivity index (χ0n) is 10.6. The van der Waals surface area contributed by atoms with Gasteiger partial charge in [0.25, 0.3) is 0 Å². The summed E-state index contributed by atoms with van der Waals surface area (Å²) in [6, 6.07) is 5.94. The number of hydrogen-bond acceptors (Lipinski definition) is 5. The first-order chi connectivity index (χ1) is 9.34. The molecular formula is C13H14N6. The maximum absolute atomic E-state index is 4.23. The summed E-state index contributed by atoms with van der Waals surface area (Å²) in [6.45, 7) is 2.70. The molecule has 0 aliphatic carbocycles. The largest absolute Gasteiger partial charge is 0.302 e. The van der Waals surface area contributed by atoms with E-state index in [9.17, 15) is 0 Å². The van der Waals surface area contributed by atoms with Gasteiger partial charge in [-0.25, -0.2) is 0 Å². The number of hydrogen-bond donors (Lipinski definition) is 1. The molecule has 3 heterocycles. The minimum Gasteiger partial charge on any atom is -0.302 e. The number of nitrogens with zero attached hydrogens (tertiary/aromatic N) is 5. The van der Waals surface area contributed by atoms with Crippen molar-refractivity contribution < 1.29 is 0 Å². The van der Waals surface area contributed by atoms with Crippen molar-refractivity contribution in [2.75, 3.05) is 0 Å². The first-order valence-corrected chi connectivity index (χ1v) is 6.12. The minimum absolute atomic E-state index is 0.0828. The topological polar surface area (TPSA) is 68.0 Å². The standard InChI is InChI=1S/C13H14N6/c1-10(16-9-11-8-14-5-6-15-11)13-18-17-12-4-2-3-7-19(12)13/h2-8,10,16H,9H2,1H3. The van der Waals surface area contributed by atoms with Gasteiger partial charge in [-0.1, -0.05) is 6.07 Å². The maximum atomic E-state index is 4.23. The average molecular weight is 254 g/mol. The van der Waals surface area contributed by atoms with Crippen molar-refractivity contribution in [3.63, 3.8) is 0 Å². The van der Waals surface area contributed by atoms with Crippen LogP contribution in [0.15, 0.2) is 43.0 Å². The van der Waals surface area contributed by atoms with Gasteiger partial charge in [0, 0.05) is 31.3 Å². The molecule has 0 aliphatic rings. The van der Waals surface area contributed by atoms with E-state index in [4.69, 9.17) is 0 Å². The van der Waals surface area contributed by atoms with E-state index >= 15 is 0 Å². The fraction of sp³-hybridized carbons (Fsp3) is 0.231. The Hall–Kier alpha value is -2.34. The van der Waals surface area contributed by atoms with E-state index in [0.717, 1.165) is 17.2 Å². The van der Waals surface area contributed by atoms with Crippen LogP contribution in [0.4, 0.5) is 0 Å². The molecule has 0 fully saturated rings. The highest BCUT2D eigenvalue weighted by molar-refractivity contribution is 5.37. The Balaban J connectivity index is 1.75. The van der Waals surface area contributed by atoms with Crippen LogP contribution < -0.4 is 5.32 Å². The summed E-state index contributed by atoms with van der Waals surface area (Å²) in [5, 5.41) is 11.7. The van der Waals surface area contributed by atoms with Crippen LogP contribution in [0.5, 0.6) is 0 Å². The molecule has 0 amide bonds. The zero-order valence-corrected chi connectivity index (χ0v) is 10.6. The van der Waals surface area contributed by atoms with Crippen LogP contribution in [-0.4, -0.2) is 24.6 Å². The second kappa shape index (κ2) is 5.11. The second-order valence-electron chi connectivity index (χ2n) is 4.29. The van der Waals surface area contributed by atoms with E-state index in [0.29, 0.717) is 6.54 Å². The molecule has 3 aromatic heterocycles. The van der Waals surface area contributed by atoms with E-state index in [1.807, 2.05) is 28.8 Å². The van der Waals surface area contributed by atoms with Gasteiger partial charge in [0.2, 0.25) is 0 Å². The lowest BCUT2D eigenvalue weighted by molar-refractivity contribution is 0.535. The van der Waals surface area contributed by atoms with E-state index in [1.165, 1.54) is 0 Å². The molecule has 6 heteroatoms. The molecule has 0 aromatic carbocycles. The number of pyridine rings is 1. The van der Waals surface area contributed by atoms with Gasteiger partial charge in [-0.2, -0.15) is 0 Å². The third-order valence-electron chi connectivity index (χ3n) is 2.93. The van der Waals surface area contributed by atoms with Gasteiger partial charge in [0.15, 0.2) is 11.5 Å². The third-order valence-corrected chi connectivity index (χ3v) is 2.93. The molecule has 0 saturated carbocycles. The highest BCUT2D eigenvalue weighted by Crippen LogP contribution is 2.11. The van der Waals surface area contributed by atoms with Gasteiger partial charge in [0.1, 0.15) is 0 Å². The fourth-order valence-electron chi connectivity index (χ4n) is 1.93. The summed E-state index contributed by atoms with van der Waals surface area (Å²) < 4.78 is 1.98. The fourth-order valence-corrected chi connectivity index (χ4v) is 1.93. The van der Waals surface area contributed by atoms with Crippen molar-refractivity contribution in [2.24, 2.45) is 0 Å². The first-order valence-electron chi connectivity index (χ1n) is 6.12. The maximum Gasteiger partial charge on any atom is 0.160 e. The van der Waals surface area contributed by atoms with Gasteiger partial charge in [-0.05, 0) is 19.1 Å². The number of fused-ring (bicyclic) bond motifs is 1. The number of aromatic nitrogens is 5. The van der Waals surface area contributed by atoms with Crippen molar-refractivity contribution >= 4 is 5.65 Å². The molecule has 96 valence electrons. The normalized spacial score (nSPS) is 12.7. The lowest BCUT2D eigenvalue weighted by Crippen LogP contribution is -2.21. The van der Waals surface area contributed by atoms with E-state index in [2.05, 4.69) is 32.4 Å². The third kappa shape index (κ3) is 2.43. The Kier molecular flexibility index (Phi) is 3.16. The molecule has 0 saturated heterocycles. The summed E-state index contributed by atoms with van der Waals surface area (Å²) in [7, 11) is 0. The van der Waals surface area contributed by atoms with Crippen LogP contribution in [0, 0.1) is 0 Å². The van der Waals surface area contributed by atoms with Crippen molar-refractivity contribution in [3.8, 4) is 0 Å². The molecule has 0 bridgehead atoms. The van der Waals surface area contributed by atoms with Crippen molar-refractivity contribution in [2.45, 2.75) is 19.5 Å². The molecule has 3 rings (SSSR count). The highest BCUT2D eigenvalue weighted by Gasteiger charge is 2.12. The molecule has 1 N–H and O–H groups in total. The van der Waals surface area contributed by atoms with Crippen LogP contribution in [0.25, 0.3) is 5.65 Å². The molecule has 0 radical (unpaired) electrons. The molecule has 3 aromatic rings. The van der Waals surface area contributed by atoms with Crippen LogP contribution in [0.2, 0.25) is 0 Å². The summed E-state index contributed by atoms with van der Waals surface area (Å²) >= 11 is 0. The molecule has 6 nitrogen and oxygen atoms in total. The molecule has 0 aliphatic heterocycles. The predicted molar refractivity (Wildman–Crippen MR) is 70.3 cm³/mol. The van der Waals surface area contributed by atoms with Crippen LogP contribution in [0.3, 0.4) is 0 Å². The van der Waals surface area contributed by atoms with Crippen molar-refractivity contribution in [1.82, 2.24) is 29.9 Å². The lowest BCUT2D eigenvalue weighted by atomic mass is 10.3. The molecule has 1 atom stereocenters. The summed E-state index contributed by atoms with van der Waals surface area (Å²) in [5.74, 6) is 0.888. The highest BCUT2D eigenvalue weighted by atomic mass is 15.3. The van der Waals surface area contributed by atoms with E-state index in [-0.39, 0.29) is 6.04 Å². The monoisotopic (exact) mass is 254 g/mol. The Morgan fingerprint density at radius 3 is 3.05 bits per heavy atom. The Morgan fingerprint density at radius 2 is 2.21 bits per heavy atom.